The van der Waals surface area contributed by atoms with Crippen molar-refractivity contribution in [3.05, 3.63) is 51.9 Å². The quantitative estimate of drug-likeness (QED) is 0.431. The van der Waals surface area contributed by atoms with Gasteiger partial charge < -0.3 is 10.1 Å². The van der Waals surface area contributed by atoms with Gasteiger partial charge in [0.05, 0.1) is 18.6 Å². The highest BCUT2D eigenvalue weighted by Crippen LogP contribution is 2.39. The molecule has 1 heterocycles. The fourth-order valence-corrected chi connectivity index (χ4v) is 3.66. The van der Waals surface area contributed by atoms with Crippen LogP contribution in [0.25, 0.3) is 0 Å². The fourth-order valence-electron chi connectivity index (χ4n) is 2.55. The van der Waals surface area contributed by atoms with Crippen molar-refractivity contribution < 1.29 is 14.3 Å². The number of benzene rings is 1. The Bertz CT molecular complexity index is 871. The molecule has 1 aliphatic carbocycles. The van der Waals surface area contributed by atoms with Gasteiger partial charge in [-0.1, -0.05) is 41.6 Å². The SMILES string of the molecule is COC(=O)c1c(C)nc(C2CC2)nc1SCC(=O)NCc1ccccc1Cl. The van der Waals surface area contributed by atoms with Crippen molar-refractivity contribution in [1.82, 2.24) is 15.3 Å². The first-order valence-electron chi connectivity index (χ1n) is 8.59. The summed E-state index contributed by atoms with van der Waals surface area (Å²) in [7, 11) is 1.32. The van der Waals surface area contributed by atoms with Gasteiger partial charge in [0.1, 0.15) is 16.4 Å². The van der Waals surface area contributed by atoms with E-state index in [1.807, 2.05) is 18.2 Å². The second kappa shape index (κ2) is 8.71. The van der Waals surface area contributed by atoms with E-state index >= 15 is 0 Å². The molecule has 0 spiro atoms. The molecule has 1 fully saturated rings. The van der Waals surface area contributed by atoms with E-state index in [1.54, 1.807) is 13.0 Å². The number of hydrogen-bond acceptors (Lipinski definition) is 6. The molecule has 1 N–H and O–H groups in total. The Labute approximate surface area is 167 Å². The molecule has 6 nitrogen and oxygen atoms in total. The van der Waals surface area contributed by atoms with Crippen LogP contribution in [0.3, 0.4) is 0 Å². The highest BCUT2D eigenvalue weighted by Gasteiger charge is 2.29. The molecule has 1 aromatic carbocycles. The van der Waals surface area contributed by atoms with Crippen LogP contribution in [0.2, 0.25) is 5.02 Å². The summed E-state index contributed by atoms with van der Waals surface area (Å²) in [6, 6.07) is 7.35. The third-order valence-electron chi connectivity index (χ3n) is 4.18. The Morgan fingerprint density at radius 2 is 2.04 bits per heavy atom. The van der Waals surface area contributed by atoms with Gasteiger partial charge in [0.2, 0.25) is 5.91 Å². The van der Waals surface area contributed by atoms with Crippen LogP contribution in [-0.4, -0.2) is 34.7 Å². The van der Waals surface area contributed by atoms with Gasteiger partial charge in [0, 0.05) is 17.5 Å². The number of rotatable bonds is 7. The minimum Gasteiger partial charge on any atom is -0.465 e. The summed E-state index contributed by atoms with van der Waals surface area (Å²) in [6.45, 7) is 2.11. The van der Waals surface area contributed by atoms with Crippen LogP contribution in [0.15, 0.2) is 29.3 Å². The van der Waals surface area contributed by atoms with Gasteiger partial charge in [0.25, 0.3) is 0 Å². The average Bonchev–Trinajstić information content (AvgIpc) is 3.50. The van der Waals surface area contributed by atoms with E-state index in [1.165, 1.54) is 18.9 Å². The zero-order chi connectivity index (χ0) is 19.4. The summed E-state index contributed by atoms with van der Waals surface area (Å²) >= 11 is 7.31. The van der Waals surface area contributed by atoms with Crippen LogP contribution in [0.4, 0.5) is 0 Å². The molecule has 0 bridgehead atoms. The van der Waals surface area contributed by atoms with Crippen molar-refractivity contribution in [3.8, 4) is 0 Å². The standard InChI is InChI=1S/C19H20ClN3O3S/c1-11-16(19(25)26-2)18(23-17(22-11)12-7-8-12)27-10-15(24)21-9-13-5-3-4-6-14(13)20/h3-6,12H,7-10H2,1-2H3,(H,21,24). The molecule has 3 rings (SSSR count). The van der Waals surface area contributed by atoms with Gasteiger partial charge >= 0.3 is 5.97 Å². The first-order chi connectivity index (χ1) is 13.0. The number of ether oxygens (including phenoxy) is 1. The van der Waals surface area contributed by atoms with E-state index < -0.39 is 5.97 Å². The van der Waals surface area contributed by atoms with Gasteiger partial charge in [-0.3, -0.25) is 4.79 Å². The van der Waals surface area contributed by atoms with Crippen molar-refractivity contribution >= 4 is 35.2 Å². The Morgan fingerprint density at radius 3 is 2.70 bits per heavy atom. The fraction of sp³-hybridized carbons (Fsp3) is 0.368. The number of carbonyl (C=O) groups excluding carboxylic acids is 2. The molecule has 0 radical (unpaired) electrons. The third-order valence-corrected chi connectivity index (χ3v) is 5.52. The second-order valence-electron chi connectivity index (χ2n) is 6.27. The number of methoxy groups -OCH3 is 1. The number of aryl methyl sites for hydroxylation is 1. The predicted octanol–water partition coefficient (Wildman–Crippen LogP) is 3.51. The molecule has 0 unspecified atom stereocenters. The molecule has 8 heteroatoms. The molecule has 2 aromatic rings. The molecule has 142 valence electrons. The average molecular weight is 406 g/mol. The number of nitrogens with one attached hydrogen (secondary N) is 1. The topological polar surface area (TPSA) is 81.2 Å². The number of nitrogens with zero attached hydrogens (tertiary/aromatic N) is 2. The number of amides is 1. The molecule has 0 saturated heterocycles. The molecular weight excluding hydrogens is 386 g/mol. The molecule has 0 atom stereocenters. The minimum absolute atomic E-state index is 0.134. The normalized spacial score (nSPS) is 13.3. The first-order valence-corrected chi connectivity index (χ1v) is 9.95. The second-order valence-corrected chi connectivity index (χ2v) is 7.64. The summed E-state index contributed by atoms with van der Waals surface area (Å²) in [5.74, 6) is 0.561. The lowest BCUT2D eigenvalue weighted by molar-refractivity contribution is -0.118. The van der Waals surface area contributed by atoms with Crippen LogP contribution in [0.5, 0.6) is 0 Å². The number of aromatic nitrogens is 2. The summed E-state index contributed by atoms with van der Waals surface area (Å²) in [4.78, 5) is 33.3. The van der Waals surface area contributed by atoms with Gasteiger partial charge in [-0.2, -0.15) is 0 Å². The highest BCUT2D eigenvalue weighted by atomic mass is 35.5. The van der Waals surface area contributed by atoms with Gasteiger partial charge in [-0.05, 0) is 31.4 Å². The summed E-state index contributed by atoms with van der Waals surface area (Å²) < 4.78 is 4.85. The van der Waals surface area contributed by atoms with Crippen molar-refractivity contribution in [3.63, 3.8) is 0 Å². The summed E-state index contributed by atoms with van der Waals surface area (Å²) in [5, 5.41) is 3.93. The molecule has 27 heavy (non-hydrogen) atoms. The predicted molar refractivity (Wildman–Crippen MR) is 104 cm³/mol. The van der Waals surface area contributed by atoms with Crippen LogP contribution in [-0.2, 0) is 16.1 Å². The van der Waals surface area contributed by atoms with E-state index in [9.17, 15) is 9.59 Å². The van der Waals surface area contributed by atoms with E-state index in [-0.39, 0.29) is 11.7 Å². The zero-order valence-corrected chi connectivity index (χ0v) is 16.7. The Hall–Kier alpha value is -2.12. The van der Waals surface area contributed by atoms with E-state index in [0.29, 0.717) is 33.8 Å². The van der Waals surface area contributed by atoms with Gasteiger partial charge in [-0.15, -0.1) is 0 Å². The first kappa shape index (κ1) is 19.6. The number of hydrogen-bond donors (Lipinski definition) is 1. The van der Waals surface area contributed by atoms with Crippen molar-refractivity contribution in [2.75, 3.05) is 12.9 Å². The van der Waals surface area contributed by atoms with Gasteiger partial charge in [0.15, 0.2) is 0 Å². The Kier molecular flexibility index (Phi) is 6.34. The summed E-state index contributed by atoms with van der Waals surface area (Å²) in [6.07, 6.45) is 2.11. The minimum atomic E-state index is -0.492. The van der Waals surface area contributed by atoms with E-state index in [0.717, 1.165) is 24.2 Å². The van der Waals surface area contributed by atoms with Crippen LogP contribution < -0.4 is 5.32 Å². The maximum Gasteiger partial charge on any atom is 0.342 e. The monoisotopic (exact) mass is 405 g/mol. The number of thioether (sulfide) groups is 1. The largest absolute Gasteiger partial charge is 0.465 e. The molecule has 0 aliphatic heterocycles. The Balaban J connectivity index is 1.68. The lowest BCUT2D eigenvalue weighted by Gasteiger charge is -2.11. The van der Waals surface area contributed by atoms with Crippen LogP contribution >= 0.6 is 23.4 Å². The lowest BCUT2D eigenvalue weighted by Crippen LogP contribution is -2.25. The molecule has 1 saturated carbocycles. The van der Waals surface area contributed by atoms with Crippen LogP contribution in [0.1, 0.15) is 46.2 Å². The zero-order valence-electron chi connectivity index (χ0n) is 15.1. The van der Waals surface area contributed by atoms with Crippen molar-refractivity contribution in [2.45, 2.75) is 37.3 Å². The van der Waals surface area contributed by atoms with E-state index in [4.69, 9.17) is 16.3 Å². The maximum absolute atomic E-state index is 12.2. The smallest absolute Gasteiger partial charge is 0.342 e. The third kappa shape index (κ3) is 4.99. The highest BCUT2D eigenvalue weighted by molar-refractivity contribution is 8.00. The van der Waals surface area contributed by atoms with E-state index in [2.05, 4.69) is 15.3 Å². The van der Waals surface area contributed by atoms with Crippen molar-refractivity contribution in [2.24, 2.45) is 0 Å². The maximum atomic E-state index is 12.2. The number of esters is 1. The van der Waals surface area contributed by atoms with Crippen molar-refractivity contribution in [1.29, 1.82) is 0 Å². The lowest BCUT2D eigenvalue weighted by atomic mass is 10.2. The number of carbonyl (C=O) groups is 2. The van der Waals surface area contributed by atoms with Gasteiger partial charge in [-0.25, -0.2) is 14.8 Å². The van der Waals surface area contributed by atoms with Crippen LogP contribution in [0, 0.1) is 6.92 Å². The molecule has 1 aliphatic rings. The Morgan fingerprint density at radius 1 is 1.30 bits per heavy atom. The number of halogens is 1. The molecular formula is C19H20ClN3O3S. The summed E-state index contributed by atoms with van der Waals surface area (Å²) in [5.41, 5.74) is 1.75. The molecule has 1 aromatic heterocycles. The molecule has 1 amide bonds.